The number of nitrogens with zero attached hydrogens (tertiary/aromatic N) is 2. The first-order chi connectivity index (χ1) is 21.2. The number of rotatable bonds is 14. The highest BCUT2D eigenvalue weighted by molar-refractivity contribution is 6.05. The lowest BCUT2D eigenvalue weighted by atomic mass is 9.66. The summed E-state index contributed by atoms with van der Waals surface area (Å²) in [6.07, 6.45) is 5.95. The molecule has 2 bridgehead atoms. The van der Waals surface area contributed by atoms with Gasteiger partial charge in [0.1, 0.15) is 23.3 Å². The van der Waals surface area contributed by atoms with E-state index in [1.165, 1.54) is 4.90 Å². The lowest BCUT2D eigenvalue weighted by molar-refractivity contribution is -0.160. The van der Waals surface area contributed by atoms with Gasteiger partial charge in [0.25, 0.3) is 5.91 Å². The van der Waals surface area contributed by atoms with Crippen LogP contribution in [0.2, 0.25) is 0 Å². The number of methoxy groups -OCH3 is 1. The second-order valence-electron chi connectivity index (χ2n) is 12.0. The van der Waals surface area contributed by atoms with E-state index in [1.54, 1.807) is 48.4 Å². The summed E-state index contributed by atoms with van der Waals surface area (Å²) in [7, 11) is 1.57. The second kappa shape index (κ2) is 13.0. The van der Waals surface area contributed by atoms with Crippen molar-refractivity contribution >= 4 is 23.5 Å². The molecule has 2 aromatic carbocycles. The maximum Gasteiger partial charge on any atom is 0.312 e. The van der Waals surface area contributed by atoms with Crippen LogP contribution in [0.15, 0.2) is 79.9 Å². The van der Waals surface area contributed by atoms with Crippen molar-refractivity contribution in [2.75, 3.05) is 31.8 Å². The molecule has 2 amide bonds. The number of esters is 1. The van der Waals surface area contributed by atoms with E-state index in [0.717, 1.165) is 5.56 Å². The molecule has 234 valence electrons. The van der Waals surface area contributed by atoms with Crippen molar-refractivity contribution in [3.05, 3.63) is 85.5 Å². The molecule has 5 rings (SSSR count). The summed E-state index contributed by atoms with van der Waals surface area (Å²) in [6.45, 7) is 9.44. The number of fused-ring (bicyclic) bond motifs is 1. The Bertz CT molecular complexity index is 1380. The molecule has 44 heavy (non-hydrogen) atoms. The maximum absolute atomic E-state index is 14.8. The molecule has 3 aliphatic rings. The number of likely N-dealkylation sites (tertiary alicyclic amines) is 1. The van der Waals surface area contributed by atoms with Crippen LogP contribution in [0.1, 0.15) is 38.2 Å². The van der Waals surface area contributed by atoms with E-state index < -0.39 is 41.1 Å². The van der Waals surface area contributed by atoms with Crippen molar-refractivity contribution in [2.24, 2.45) is 11.8 Å². The standard InChI is InChI=1S/C35H42N2O7/c1-5-7-11-21-43-33(41)29-28-31(39)37(26(23-38)22-24-12-9-8-10-13-24)30(35(28)19-18-34(29,3)44-35)32(40)36(20-6-2)25-14-16-27(42-4)17-15-25/h5-6,8-10,12-17,26,28-30,38H,1-2,7,11,18-23H2,3-4H3/t26-,28+,29-,30?,34+,35?/m1/s1. The van der Waals surface area contributed by atoms with Gasteiger partial charge in [0.2, 0.25) is 5.91 Å². The maximum atomic E-state index is 14.8. The Balaban J connectivity index is 1.57. The van der Waals surface area contributed by atoms with E-state index in [1.807, 2.05) is 37.3 Å². The van der Waals surface area contributed by atoms with Gasteiger partial charge in [0.05, 0.1) is 37.9 Å². The zero-order valence-corrected chi connectivity index (χ0v) is 25.5. The third-order valence-electron chi connectivity index (χ3n) is 9.38. The van der Waals surface area contributed by atoms with Crippen LogP contribution >= 0.6 is 0 Å². The number of unbranched alkanes of at least 4 members (excludes halogenated alkanes) is 1. The lowest BCUT2D eigenvalue weighted by Crippen LogP contribution is -2.59. The third-order valence-corrected chi connectivity index (χ3v) is 9.38. The lowest BCUT2D eigenvalue weighted by Gasteiger charge is -2.39. The molecule has 3 aliphatic heterocycles. The highest BCUT2D eigenvalue weighted by Gasteiger charge is 2.79. The molecule has 9 nitrogen and oxygen atoms in total. The first-order valence-electron chi connectivity index (χ1n) is 15.3. The fourth-order valence-corrected chi connectivity index (χ4v) is 7.38. The Morgan fingerprint density at radius 2 is 1.86 bits per heavy atom. The van der Waals surface area contributed by atoms with E-state index in [0.29, 0.717) is 43.5 Å². The summed E-state index contributed by atoms with van der Waals surface area (Å²) >= 11 is 0. The molecule has 1 spiro atoms. The summed E-state index contributed by atoms with van der Waals surface area (Å²) in [5, 5.41) is 10.7. The van der Waals surface area contributed by atoms with E-state index in [4.69, 9.17) is 14.2 Å². The number of anilines is 1. The van der Waals surface area contributed by atoms with Gasteiger partial charge in [-0.1, -0.05) is 42.5 Å². The average molecular weight is 603 g/mol. The summed E-state index contributed by atoms with van der Waals surface area (Å²) < 4.78 is 17.8. The average Bonchev–Trinajstić information content (AvgIpc) is 3.61. The minimum absolute atomic E-state index is 0.180. The molecule has 0 radical (unpaired) electrons. The fraction of sp³-hybridized carbons (Fsp3) is 0.457. The first-order valence-corrected chi connectivity index (χ1v) is 15.3. The molecule has 0 saturated carbocycles. The number of amides is 2. The van der Waals surface area contributed by atoms with Gasteiger partial charge in [-0.3, -0.25) is 14.4 Å². The van der Waals surface area contributed by atoms with Crippen molar-refractivity contribution in [3.8, 4) is 5.75 Å². The summed E-state index contributed by atoms with van der Waals surface area (Å²) in [4.78, 5) is 46.2. The smallest absolute Gasteiger partial charge is 0.312 e. The van der Waals surface area contributed by atoms with Crippen LogP contribution in [-0.4, -0.2) is 77.9 Å². The van der Waals surface area contributed by atoms with Gasteiger partial charge in [-0.25, -0.2) is 0 Å². The highest BCUT2D eigenvalue weighted by atomic mass is 16.6. The topological polar surface area (TPSA) is 106 Å². The Morgan fingerprint density at radius 1 is 1.14 bits per heavy atom. The van der Waals surface area contributed by atoms with Gasteiger partial charge in [0, 0.05) is 12.2 Å². The number of carbonyl (C=O) groups excluding carboxylic acids is 3. The van der Waals surface area contributed by atoms with Gasteiger partial charge in [-0.2, -0.15) is 0 Å². The van der Waals surface area contributed by atoms with Crippen LogP contribution in [0.25, 0.3) is 0 Å². The molecule has 2 aromatic rings. The normalized spacial score (nSPS) is 27.5. The largest absolute Gasteiger partial charge is 0.497 e. The SMILES string of the molecule is C=CCCCOC(=O)[C@H]1[C@H]2C(=O)N([C@@H](CO)Cc3ccccc3)C(C(=O)N(CC=C)c3ccc(OC)cc3)C23CC[C@]1(C)O3. The summed E-state index contributed by atoms with van der Waals surface area (Å²) in [5.41, 5.74) is -0.709. The minimum atomic E-state index is -1.26. The molecule has 6 atom stereocenters. The van der Waals surface area contributed by atoms with Crippen LogP contribution in [-0.2, 0) is 30.3 Å². The van der Waals surface area contributed by atoms with Gasteiger partial charge in [0.15, 0.2) is 0 Å². The van der Waals surface area contributed by atoms with Crippen molar-refractivity contribution in [1.29, 1.82) is 0 Å². The first kappa shape index (κ1) is 31.5. The number of aliphatic hydroxyl groups excluding tert-OH is 1. The zero-order valence-electron chi connectivity index (χ0n) is 25.5. The monoisotopic (exact) mass is 602 g/mol. The molecule has 3 fully saturated rings. The molecular formula is C35H42N2O7. The third kappa shape index (κ3) is 5.43. The number of hydrogen-bond donors (Lipinski definition) is 1. The summed E-state index contributed by atoms with van der Waals surface area (Å²) in [6, 6.07) is 14.8. The van der Waals surface area contributed by atoms with Crippen molar-refractivity contribution < 1.29 is 33.7 Å². The van der Waals surface area contributed by atoms with Crippen molar-refractivity contribution in [2.45, 2.75) is 62.3 Å². The summed E-state index contributed by atoms with van der Waals surface area (Å²) in [5.74, 6) is -2.39. The van der Waals surface area contributed by atoms with E-state index in [2.05, 4.69) is 13.2 Å². The molecule has 0 aromatic heterocycles. The Morgan fingerprint density at radius 3 is 2.50 bits per heavy atom. The highest BCUT2D eigenvalue weighted by Crippen LogP contribution is 2.64. The van der Waals surface area contributed by atoms with E-state index in [-0.39, 0.29) is 31.6 Å². The number of aliphatic hydroxyl groups is 1. The number of benzene rings is 2. The molecule has 9 heteroatoms. The molecule has 3 saturated heterocycles. The Labute approximate surface area is 259 Å². The number of ether oxygens (including phenoxy) is 3. The van der Waals surface area contributed by atoms with E-state index >= 15 is 0 Å². The second-order valence-corrected chi connectivity index (χ2v) is 12.0. The minimum Gasteiger partial charge on any atom is -0.497 e. The van der Waals surface area contributed by atoms with Gasteiger partial charge in [-0.15, -0.1) is 13.2 Å². The van der Waals surface area contributed by atoms with Gasteiger partial charge in [-0.05, 0) is 68.9 Å². The van der Waals surface area contributed by atoms with Crippen molar-refractivity contribution in [1.82, 2.24) is 4.90 Å². The molecule has 2 unspecified atom stereocenters. The fourth-order valence-electron chi connectivity index (χ4n) is 7.38. The van der Waals surface area contributed by atoms with Crippen LogP contribution in [0, 0.1) is 11.8 Å². The molecule has 1 N–H and O–H groups in total. The van der Waals surface area contributed by atoms with Crippen LogP contribution < -0.4 is 9.64 Å². The molecule has 3 heterocycles. The molecule has 0 aliphatic carbocycles. The van der Waals surface area contributed by atoms with Gasteiger partial charge < -0.3 is 29.1 Å². The number of carbonyl (C=O) groups is 3. The van der Waals surface area contributed by atoms with Gasteiger partial charge >= 0.3 is 5.97 Å². The van der Waals surface area contributed by atoms with Crippen LogP contribution in [0.4, 0.5) is 5.69 Å². The zero-order chi connectivity index (χ0) is 31.5. The quantitative estimate of drug-likeness (QED) is 0.197. The predicted octanol–water partition coefficient (Wildman–Crippen LogP) is 4.09. The number of allylic oxidation sites excluding steroid dienone is 1. The van der Waals surface area contributed by atoms with Crippen LogP contribution in [0.5, 0.6) is 5.75 Å². The van der Waals surface area contributed by atoms with E-state index in [9.17, 15) is 19.5 Å². The van der Waals surface area contributed by atoms with Crippen molar-refractivity contribution in [3.63, 3.8) is 0 Å². The Kier molecular flexibility index (Phi) is 9.27. The van der Waals surface area contributed by atoms with Crippen LogP contribution in [0.3, 0.4) is 0 Å². The predicted molar refractivity (Wildman–Crippen MR) is 166 cm³/mol. The Hall–Kier alpha value is -3.95. The number of hydrogen-bond acceptors (Lipinski definition) is 7. The molecular weight excluding hydrogens is 560 g/mol.